The average molecular weight is 528 g/mol. The van der Waals surface area contributed by atoms with Gasteiger partial charge < -0.3 is 19.5 Å². The quantitative estimate of drug-likeness (QED) is 0.0751. The summed E-state index contributed by atoms with van der Waals surface area (Å²) in [6.45, 7) is 9.06. The van der Waals surface area contributed by atoms with Crippen LogP contribution in [0.2, 0.25) is 0 Å². The Morgan fingerprint density at radius 2 is 1.08 bits per heavy atom. The lowest BCUT2D eigenvalue weighted by atomic mass is 9.94. The Morgan fingerprint density at radius 3 is 1.59 bits per heavy atom. The van der Waals surface area contributed by atoms with Crippen molar-refractivity contribution >= 4 is 5.97 Å². The highest BCUT2D eigenvalue weighted by Crippen LogP contribution is 2.21. The zero-order chi connectivity index (χ0) is 27.2. The van der Waals surface area contributed by atoms with Gasteiger partial charge in [0.25, 0.3) is 0 Å². The summed E-state index contributed by atoms with van der Waals surface area (Å²) in [5.74, 6) is 0.165. The van der Waals surface area contributed by atoms with Gasteiger partial charge in [0, 0.05) is 20.3 Å². The first-order chi connectivity index (χ1) is 18.2. The molecule has 0 amide bonds. The zero-order valence-electron chi connectivity index (χ0n) is 25.3. The maximum atomic E-state index is 12.8. The Balaban J connectivity index is 4.06. The molecule has 0 spiro atoms. The van der Waals surface area contributed by atoms with Crippen molar-refractivity contribution in [1.29, 1.82) is 0 Å². The largest absolute Gasteiger partial charge is 0.465 e. The zero-order valence-corrected chi connectivity index (χ0v) is 25.3. The molecule has 5 nitrogen and oxygen atoms in total. The Hall–Kier alpha value is -0.650. The van der Waals surface area contributed by atoms with Crippen molar-refractivity contribution in [1.82, 2.24) is 4.90 Å². The van der Waals surface area contributed by atoms with Crippen LogP contribution in [0.25, 0.3) is 0 Å². The fraction of sp³-hybridized carbons (Fsp3) is 0.969. The summed E-state index contributed by atoms with van der Waals surface area (Å²) in [4.78, 5) is 15.2. The van der Waals surface area contributed by atoms with Crippen molar-refractivity contribution in [3.63, 3.8) is 0 Å². The van der Waals surface area contributed by atoms with E-state index in [0.717, 1.165) is 84.0 Å². The molecule has 1 N–H and O–H groups in total. The number of nitrogens with zero attached hydrogens (tertiary/aromatic N) is 1. The number of carbonyl (C=O) groups is 1. The number of hydrogen-bond donors (Lipinski definition) is 1. The van der Waals surface area contributed by atoms with Gasteiger partial charge in [0.1, 0.15) is 0 Å². The molecule has 0 saturated carbocycles. The number of hydrogen-bond acceptors (Lipinski definition) is 5. The van der Waals surface area contributed by atoms with E-state index in [2.05, 4.69) is 18.7 Å². The summed E-state index contributed by atoms with van der Waals surface area (Å²) in [6, 6.07) is 0. The Morgan fingerprint density at radius 1 is 0.622 bits per heavy atom. The van der Waals surface area contributed by atoms with Gasteiger partial charge in [0.05, 0.1) is 19.1 Å². The number of aliphatic hydroxyl groups excluding tert-OH is 1. The third kappa shape index (κ3) is 25.4. The maximum Gasteiger partial charge on any atom is 0.308 e. The van der Waals surface area contributed by atoms with E-state index >= 15 is 0 Å². The second kappa shape index (κ2) is 29.9. The fourth-order valence-corrected chi connectivity index (χ4v) is 5.04. The van der Waals surface area contributed by atoms with E-state index in [1.165, 1.54) is 77.0 Å². The number of unbranched alkanes of at least 4 members (excludes halogenated alkanes) is 15. The molecule has 0 fully saturated rings. The summed E-state index contributed by atoms with van der Waals surface area (Å²) >= 11 is 0. The number of methoxy groups -OCH3 is 1. The summed E-state index contributed by atoms with van der Waals surface area (Å²) in [6.07, 6.45) is 25.1. The van der Waals surface area contributed by atoms with E-state index in [4.69, 9.17) is 9.47 Å². The Kier molecular flexibility index (Phi) is 29.4. The van der Waals surface area contributed by atoms with Crippen molar-refractivity contribution in [2.24, 2.45) is 5.92 Å². The standard InChI is InChI=1S/C32H65NO4/c1-4-6-8-10-12-18-24-31(23-17-11-9-7-5-2)32(35)37-30-22-16-14-20-26-33(27-28-34)25-19-13-15-21-29-36-3/h31,34H,4-30H2,1-3H3. The van der Waals surface area contributed by atoms with E-state index < -0.39 is 0 Å². The highest BCUT2D eigenvalue weighted by Gasteiger charge is 2.19. The van der Waals surface area contributed by atoms with E-state index in [9.17, 15) is 9.90 Å². The van der Waals surface area contributed by atoms with Gasteiger partial charge in [0.2, 0.25) is 0 Å². The third-order valence-electron chi connectivity index (χ3n) is 7.50. The molecule has 0 aromatic rings. The van der Waals surface area contributed by atoms with Gasteiger partial charge in [-0.1, -0.05) is 110 Å². The summed E-state index contributed by atoms with van der Waals surface area (Å²) in [5.41, 5.74) is 0. The van der Waals surface area contributed by atoms with Gasteiger partial charge in [-0.05, 0) is 51.6 Å². The number of ether oxygens (including phenoxy) is 2. The minimum atomic E-state index is 0.0590. The van der Waals surface area contributed by atoms with Gasteiger partial charge in [-0.3, -0.25) is 4.79 Å². The molecule has 0 heterocycles. The fourth-order valence-electron chi connectivity index (χ4n) is 5.04. The molecule has 0 saturated heterocycles. The molecular formula is C32H65NO4. The predicted molar refractivity (Wildman–Crippen MR) is 158 cm³/mol. The Bertz CT molecular complexity index is 460. The highest BCUT2D eigenvalue weighted by molar-refractivity contribution is 5.72. The van der Waals surface area contributed by atoms with Crippen molar-refractivity contribution in [2.45, 2.75) is 149 Å². The second-order valence-electron chi connectivity index (χ2n) is 11.0. The molecule has 5 heteroatoms. The van der Waals surface area contributed by atoms with E-state index in [-0.39, 0.29) is 18.5 Å². The molecule has 0 aliphatic carbocycles. The predicted octanol–water partition coefficient (Wildman–Crippen LogP) is 8.32. The van der Waals surface area contributed by atoms with Crippen molar-refractivity contribution in [3.8, 4) is 0 Å². The van der Waals surface area contributed by atoms with E-state index in [0.29, 0.717) is 6.61 Å². The van der Waals surface area contributed by atoms with Crippen LogP contribution in [-0.4, -0.2) is 62.5 Å². The van der Waals surface area contributed by atoms with Crippen LogP contribution >= 0.6 is 0 Å². The summed E-state index contributed by atoms with van der Waals surface area (Å²) < 4.78 is 10.9. The topological polar surface area (TPSA) is 59.0 Å². The SMILES string of the molecule is CCCCCCCCC(CCCCCCC)C(=O)OCCCCCCN(CCO)CCCCCCOC. The first-order valence-corrected chi connectivity index (χ1v) is 16.2. The van der Waals surface area contributed by atoms with Gasteiger partial charge >= 0.3 is 5.97 Å². The molecule has 0 bridgehead atoms. The summed E-state index contributed by atoms with van der Waals surface area (Å²) in [5, 5.41) is 9.37. The smallest absolute Gasteiger partial charge is 0.308 e. The van der Waals surface area contributed by atoms with Crippen molar-refractivity contribution in [2.75, 3.05) is 46.6 Å². The van der Waals surface area contributed by atoms with Gasteiger partial charge in [-0.2, -0.15) is 0 Å². The first-order valence-electron chi connectivity index (χ1n) is 16.2. The molecule has 0 radical (unpaired) electrons. The monoisotopic (exact) mass is 527 g/mol. The number of aliphatic hydroxyl groups is 1. The molecule has 0 aliphatic heterocycles. The summed E-state index contributed by atoms with van der Waals surface area (Å²) in [7, 11) is 1.76. The third-order valence-corrected chi connectivity index (χ3v) is 7.50. The van der Waals surface area contributed by atoms with Crippen LogP contribution in [0.5, 0.6) is 0 Å². The van der Waals surface area contributed by atoms with E-state index in [1.54, 1.807) is 7.11 Å². The van der Waals surface area contributed by atoms with Crippen LogP contribution in [0.1, 0.15) is 149 Å². The lowest BCUT2D eigenvalue weighted by Crippen LogP contribution is -2.29. The maximum absolute atomic E-state index is 12.8. The number of rotatable bonds is 30. The molecule has 1 atom stereocenters. The lowest BCUT2D eigenvalue weighted by Gasteiger charge is -2.21. The molecule has 0 aromatic carbocycles. The van der Waals surface area contributed by atoms with Gasteiger partial charge in [-0.15, -0.1) is 0 Å². The molecule has 0 aromatic heterocycles. The number of carbonyl (C=O) groups excluding carboxylic acids is 1. The molecule has 37 heavy (non-hydrogen) atoms. The molecule has 0 rings (SSSR count). The van der Waals surface area contributed by atoms with E-state index in [1.807, 2.05) is 0 Å². The first kappa shape index (κ1) is 36.4. The van der Waals surface area contributed by atoms with Gasteiger partial charge in [0.15, 0.2) is 0 Å². The van der Waals surface area contributed by atoms with Crippen LogP contribution in [0.4, 0.5) is 0 Å². The van der Waals surface area contributed by atoms with Crippen LogP contribution in [0, 0.1) is 5.92 Å². The number of esters is 1. The van der Waals surface area contributed by atoms with Crippen molar-refractivity contribution in [3.05, 3.63) is 0 Å². The van der Waals surface area contributed by atoms with Gasteiger partial charge in [-0.25, -0.2) is 0 Å². The van der Waals surface area contributed by atoms with Crippen LogP contribution < -0.4 is 0 Å². The average Bonchev–Trinajstić information content (AvgIpc) is 2.90. The second-order valence-corrected chi connectivity index (χ2v) is 11.0. The molecule has 222 valence electrons. The minimum Gasteiger partial charge on any atom is -0.465 e. The Labute approximate surface area is 231 Å². The lowest BCUT2D eigenvalue weighted by molar-refractivity contribution is -0.149. The van der Waals surface area contributed by atoms with Crippen LogP contribution in [0.3, 0.4) is 0 Å². The van der Waals surface area contributed by atoms with Crippen LogP contribution in [0.15, 0.2) is 0 Å². The molecule has 0 aliphatic rings. The van der Waals surface area contributed by atoms with Crippen molar-refractivity contribution < 1.29 is 19.4 Å². The normalized spacial score (nSPS) is 12.4. The van der Waals surface area contributed by atoms with Crippen LogP contribution in [-0.2, 0) is 14.3 Å². The minimum absolute atomic E-state index is 0.0590. The highest BCUT2D eigenvalue weighted by atomic mass is 16.5. The molecule has 1 unspecified atom stereocenters. The molecular weight excluding hydrogens is 462 g/mol.